The molecule has 2 N–H and O–H groups in total. The van der Waals surface area contributed by atoms with Gasteiger partial charge in [0.1, 0.15) is 0 Å². The Kier molecular flexibility index (Phi) is 3.96. The predicted molar refractivity (Wildman–Crippen MR) is 53.4 cm³/mol. The molecule has 0 saturated carbocycles. The van der Waals surface area contributed by atoms with Gasteiger partial charge in [0, 0.05) is 12.6 Å². The van der Waals surface area contributed by atoms with Gasteiger partial charge in [0.05, 0.1) is 0 Å². The van der Waals surface area contributed by atoms with Crippen LogP contribution in [0.15, 0.2) is 12.2 Å². The summed E-state index contributed by atoms with van der Waals surface area (Å²) in [6.45, 7) is 5.99. The summed E-state index contributed by atoms with van der Waals surface area (Å²) in [7, 11) is 0. The molecule has 1 saturated heterocycles. The fourth-order valence-electron chi connectivity index (χ4n) is 1.57. The fourth-order valence-corrected chi connectivity index (χ4v) is 1.57. The molecule has 3 heteroatoms. The zero-order valence-electron chi connectivity index (χ0n) is 8.34. The quantitative estimate of drug-likeness (QED) is 0.616. The van der Waals surface area contributed by atoms with E-state index < -0.39 is 0 Å². The minimum atomic E-state index is 0.0167. The second-order valence-electron chi connectivity index (χ2n) is 3.59. The van der Waals surface area contributed by atoms with Gasteiger partial charge in [0.25, 0.3) is 0 Å². The first-order valence-corrected chi connectivity index (χ1v) is 4.88. The van der Waals surface area contributed by atoms with Crippen LogP contribution in [0.1, 0.15) is 20.3 Å². The monoisotopic (exact) mass is 182 g/mol. The van der Waals surface area contributed by atoms with Crippen molar-refractivity contribution in [2.24, 2.45) is 5.92 Å². The van der Waals surface area contributed by atoms with E-state index in [0.717, 1.165) is 19.5 Å². The van der Waals surface area contributed by atoms with E-state index in [1.165, 1.54) is 0 Å². The number of nitrogens with one attached hydrogen (secondary N) is 2. The molecule has 0 spiro atoms. The normalized spacial score (nSPS) is 29.1. The molecule has 2 unspecified atom stereocenters. The maximum Gasteiger partial charge on any atom is 0.243 e. The molecule has 0 aromatic rings. The maximum absolute atomic E-state index is 11.2. The average molecular weight is 182 g/mol. The molecular weight excluding hydrogens is 164 g/mol. The van der Waals surface area contributed by atoms with Crippen molar-refractivity contribution < 1.29 is 4.79 Å². The fraction of sp³-hybridized carbons (Fsp3) is 0.700. The van der Waals surface area contributed by atoms with Gasteiger partial charge in [-0.2, -0.15) is 0 Å². The van der Waals surface area contributed by atoms with Gasteiger partial charge in [-0.15, -0.1) is 0 Å². The molecule has 1 rings (SSSR count). The third-order valence-electron chi connectivity index (χ3n) is 2.47. The van der Waals surface area contributed by atoms with Gasteiger partial charge in [-0.05, 0) is 31.9 Å². The van der Waals surface area contributed by atoms with Gasteiger partial charge >= 0.3 is 0 Å². The minimum absolute atomic E-state index is 0.0167. The van der Waals surface area contributed by atoms with Crippen molar-refractivity contribution >= 4 is 5.91 Å². The Morgan fingerprint density at radius 1 is 1.62 bits per heavy atom. The van der Waals surface area contributed by atoms with Crippen molar-refractivity contribution in [1.82, 2.24) is 10.6 Å². The molecule has 0 bridgehead atoms. The van der Waals surface area contributed by atoms with Gasteiger partial charge in [-0.25, -0.2) is 0 Å². The first-order chi connectivity index (χ1) is 6.24. The molecule has 1 heterocycles. The lowest BCUT2D eigenvalue weighted by Gasteiger charge is -2.29. The Hall–Kier alpha value is -0.830. The molecule has 1 fully saturated rings. The largest absolute Gasteiger partial charge is 0.348 e. The molecular formula is C10H18N2O. The summed E-state index contributed by atoms with van der Waals surface area (Å²) in [5, 5.41) is 6.26. The Bertz CT molecular complexity index is 201. The summed E-state index contributed by atoms with van der Waals surface area (Å²) in [5.41, 5.74) is 0. The molecule has 1 amide bonds. The molecule has 0 radical (unpaired) electrons. The third-order valence-corrected chi connectivity index (χ3v) is 2.47. The van der Waals surface area contributed by atoms with Gasteiger partial charge < -0.3 is 10.6 Å². The van der Waals surface area contributed by atoms with Crippen molar-refractivity contribution in [2.75, 3.05) is 13.1 Å². The van der Waals surface area contributed by atoms with E-state index in [-0.39, 0.29) is 11.9 Å². The highest BCUT2D eigenvalue weighted by Gasteiger charge is 2.21. The van der Waals surface area contributed by atoms with E-state index in [4.69, 9.17) is 0 Å². The Morgan fingerprint density at radius 2 is 2.38 bits per heavy atom. The van der Waals surface area contributed by atoms with E-state index in [2.05, 4.69) is 17.6 Å². The van der Waals surface area contributed by atoms with E-state index in [1.807, 2.05) is 6.92 Å². The molecule has 2 atom stereocenters. The number of hydrogen-bond donors (Lipinski definition) is 2. The lowest BCUT2D eigenvalue weighted by molar-refractivity contribution is -0.117. The zero-order chi connectivity index (χ0) is 9.68. The number of piperidine rings is 1. The van der Waals surface area contributed by atoms with Crippen LogP contribution in [0, 0.1) is 5.92 Å². The highest BCUT2D eigenvalue weighted by molar-refractivity contribution is 5.87. The molecule has 1 aliphatic rings. The van der Waals surface area contributed by atoms with E-state index in [9.17, 15) is 4.79 Å². The second-order valence-corrected chi connectivity index (χ2v) is 3.59. The van der Waals surface area contributed by atoms with Crippen LogP contribution < -0.4 is 10.6 Å². The van der Waals surface area contributed by atoms with E-state index in [1.54, 1.807) is 12.2 Å². The van der Waals surface area contributed by atoms with Crippen LogP contribution in [0.2, 0.25) is 0 Å². The summed E-state index contributed by atoms with van der Waals surface area (Å²) < 4.78 is 0. The number of allylic oxidation sites excluding steroid dienone is 1. The van der Waals surface area contributed by atoms with Crippen molar-refractivity contribution in [3.8, 4) is 0 Å². The molecule has 1 aliphatic heterocycles. The minimum Gasteiger partial charge on any atom is -0.348 e. The van der Waals surface area contributed by atoms with Crippen molar-refractivity contribution in [2.45, 2.75) is 26.3 Å². The van der Waals surface area contributed by atoms with Crippen LogP contribution in [0.25, 0.3) is 0 Å². The summed E-state index contributed by atoms with van der Waals surface area (Å²) >= 11 is 0. The zero-order valence-corrected chi connectivity index (χ0v) is 8.34. The van der Waals surface area contributed by atoms with Crippen LogP contribution >= 0.6 is 0 Å². The molecule has 0 aromatic carbocycles. The first kappa shape index (κ1) is 10.3. The first-order valence-electron chi connectivity index (χ1n) is 4.88. The van der Waals surface area contributed by atoms with Crippen LogP contribution in [0.5, 0.6) is 0 Å². The highest BCUT2D eigenvalue weighted by Crippen LogP contribution is 2.10. The van der Waals surface area contributed by atoms with Crippen LogP contribution in [0.3, 0.4) is 0 Å². The lowest BCUT2D eigenvalue weighted by Crippen LogP contribution is -2.49. The standard InChI is InChI=1S/C10H18N2O/c1-3-4-10(13)12-9-7-11-6-5-8(9)2/h3-4,8-9,11H,5-7H2,1-2H3,(H,12,13)/b4-3+. The van der Waals surface area contributed by atoms with Crippen molar-refractivity contribution in [1.29, 1.82) is 0 Å². The summed E-state index contributed by atoms with van der Waals surface area (Å²) in [5.74, 6) is 0.596. The number of hydrogen-bond acceptors (Lipinski definition) is 2. The Labute approximate surface area is 79.6 Å². The summed E-state index contributed by atoms with van der Waals surface area (Å²) in [6.07, 6.45) is 4.47. The van der Waals surface area contributed by atoms with Crippen molar-refractivity contribution in [3.05, 3.63) is 12.2 Å². The lowest BCUT2D eigenvalue weighted by atomic mass is 9.95. The van der Waals surface area contributed by atoms with Gasteiger partial charge in [-0.1, -0.05) is 13.0 Å². The summed E-state index contributed by atoms with van der Waals surface area (Å²) in [4.78, 5) is 11.2. The van der Waals surface area contributed by atoms with Crippen LogP contribution in [-0.4, -0.2) is 25.0 Å². The SMILES string of the molecule is C/C=C/C(=O)NC1CNCCC1C. The number of carbonyl (C=O) groups excluding carboxylic acids is 1. The topological polar surface area (TPSA) is 41.1 Å². The molecule has 3 nitrogen and oxygen atoms in total. The second kappa shape index (κ2) is 5.02. The predicted octanol–water partition coefficient (Wildman–Crippen LogP) is 0.677. The molecule has 0 aromatic heterocycles. The van der Waals surface area contributed by atoms with Crippen LogP contribution in [0.4, 0.5) is 0 Å². The van der Waals surface area contributed by atoms with Gasteiger partial charge in [0.15, 0.2) is 0 Å². The maximum atomic E-state index is 11.2. The smallest absolute Gasteiger partial charge is 0.243 e. The average Bonchev–Trinajstić information content (AvgIpc) is 2.09. The van der Waals surface area contributed by atoms with Crippen LogP contribution in [-0.2, 0) is 4.79 Å². The molecule has 13 heavy (non-hydrogen) atoms. The van der Waals surface area contributed by atoms with Gasteiger partial charge in [-0.3, -0.25) is 4.79 Å². The van der Waals surface area contributed by atoms with E-state index in [0.29, 0.717) is 5.92 Å². The molecule has 0 aliphatic carbocycles. The third kappa shape index (κ3) is 3.19. The van der Waals surface area contributed by atoms with Crippen molar-refractivity contribution in [3.63, 3.8) is 0 Å². The van der Waals surface area contributed by atoms with E-state index >= 15 is 0 Å². The Morgan fingerprint density at radius 3 is 3.00 bits per heavy atom. The summed E-state index contributed by atoms with van der Waals surface area (Å²) in [6, 6.07) is 0.289. The number of amides is 1. The van der Waals surface area contributed by atoms with Gasteiger partial charge in [0.2, 0.25) is 5.91 Å². The molecule has 74 valence electrons. The Balaban J connectivity index is 2.37. The highest BCUT2D eigenvalue weighted by atomic mass is 16.1. The number of carbonyl (C=O) groups is 1. The number of rotatable bonds is 2.